The van der Waals surface area contributed by atoms with Crippen molar-refractivity contribution in [1.29, 1.82) is 0 Å². The fourth-order valence-electron chi connectivity index (χ4n) is 1.82. The van der Waals surface area contributed by atoms with Gasteiger partial charge >= 0.3 is 11.9 Å². The molecule has 0 unspecified atom stereocenters. The van der Waals surface area contributed by atoms with Gasteiger partial charge in [-0.05, 0) is 19.8 Å². The summed E-state index contributed by atoms with van der Waals surface area (Å²) in [5, 5.41) is 11.0. The third-order valence-electron chi connectivity index (χ3n) is 2.98. The Morgan fingerprint density at radius 2 is 1.50 bits per heavy atom. The number of aliphatic carboxylic acids is 1. The lowest BCUT2D eigenvalue weighted by Gasteiger charge is -2.11. The van der Waals surface area contributed by atoms with Crippen LogP contribution < -0.4 is 5.32 Å². The summed E-state index contributed by atoms with van der Waals surface area (Å²) in [6.07, 6.45) is 5.97. The van der Waals surface area contributed by atoms with E-state index in [4.69, 9.17) is 5.11 Å². The summed E-state index contributed by atoms with van der Waals surface area (Å²) in [6, 6.07) is -0.608. The molecule has 0 aliphatic rings. The zero-order chi connectivity index (χ0) is 15.4. The molecule has 0 aliphatic heterocycles. The molecule has 0 aromatic rings. The van der Waals surface area contributed by atoms with Crippen LogP contribution in [0.3, 0.4) is 0 Å². The molecule has 0 saturated heterocycles. The van der Waals surface area contributed by atoms with Gasteiger partial charge in [-0.3, -0.25) is 9.59 Å². The van der Waals surface area contributed by atoms with Gasteiger partial charge in [0.05, 0.1) is 7.11 Å². The number of unbranched alkanes of at least 4 members (excludes halogenated alkanes) is 5. The summed E-state index contributed by atoms with van der Waals surface area (Å²) in [5.74, 6) is -1.34. The molecular formula is C14H25NO5. The summed E-state index contributed by atoms with van der Waals surface area (Å²) >= 11 is 0. The van der Waals surface area contributed by atoms with Crippen molar-refractivity contribution in [3.8, 4) is 0 Å². The minimum Gasteiger partial charge on any atom is -0.481 e. The van der Waals surface area contributed by atoms with Gasteiger partial charge < -0.3 is 15.2 Å². The van der Waals surface area contributed by atoms with Crippen molar-refractivity contribution in [2.45, 2.75) is 64.3 Å². The summed E-state index contributed by atoms with van der Waals surface area (Å²) in [4.78, 5) is 32.9. The van der Waals surface area contributed by atoms with Crippen LogP contribution in [0.5, 0.6) is 0 Å². The van der Waals surface area contributed by atoms with Crippen LogP contribution in [-0.2, 0) is 19.1 Å². The Labute approximate surface area is 119 Å². The lowest BCUT2D eigenvalue weighted by molar-refractivity contribution is -0.144. The van der Waals surface area contributed by atoms with Gasteiger partial charge in [-0.15, -0.1) is 0 Å². The van der Waals surface area contributed by atoms with E-state index in [0.29, 0.717) is 12.8 Å². The molecule has 0 aromatic carbocycles. The Morgan fingerprint density at radius 1 is 1.00 bits per heavy atom. The molecule has 0 rings (SSSR count). The Kier molecular flexibility index (Phi) is 10.4. The monoisotopic (exact) mass is 287 g/mol. The van der Waals surface area contributed by atoms with Gasteiger partial charge in [0.2, 0.25) is 5.91 Å². The third kappa shape index (κ3) is 10.3. The molecule has 0 bridgehead atoms. The first-order chi connectivity index (χ1) is 9.47. The van der Waals surface area contributed by atoms with Crippen molar-refractivity contribution >= 4 is 17.8 Å². The van der Waals surface area contributed by atoms with Gasteiger partial charge in [-0.1, -0.05) is 25.7 Å². The van der Waals surface area contributed by atoms with Gasteiger partial charge in [0.25, 0.3) is 0 Å². The van der Waals surface area contributed by atoms with E-state index in [-0.39, 0.29) is 12.3 Å². The topological polar surface area (TPSA) is 92.7 Å². The van der Waals surface area contributed by atoms with Crippen LogP contribution in [0.25, 0.3) is 0 Å². The highest BCUT2D eigenvalue weighted by Gasteiger charge is 2.14. The number of carboxylic acids is 1. The molecule has 0 aliphatic carbocycles. The highest BCUT2D eigenvalue weighted by atomic mass is 16.5. The zero-order valence-electron chi connectivity index (χ0n) is 12.3. The number of ether oxygens (including phenoxy) is 1. The minimum absolute atomic E-state index is 0.145. The maximum atomic E-state index is 11.5. The Hall–Kier alpha value is -1.59. The van der Waals surface area contributed by atoms with Crippen molar-refractivity contribution in [3.05, 3.63) is 0 Å². The van der Waals surface area contributed by atoms with Gasteiger partial charge in [0, 0.05) is 12.8 Å². The fourth-order valence-corrected chi connectivity index (χ4v) is 1.82. The van der Waals surface area contributed by atoms with Crippen molar-refractivity contribution in [2.75, 3.05) is 7.11 Å². The van der Waals surface area contributed by atoms with Crippen LogP contribution in [0.1, 0.15) is 58.3 Å². The first-order valence-electron chi connectivity index (χ1n) is 7.06. The van der Waals surface area contributed by atoms with Crippen LogP contribution in [0, 0.1) is 0 Å². The zero-order valence-corrected chi connectivity index (χ0v) is 12.3. The van der Waals surface area contributed by atoms with Crippen molar-refractivity contribution in [2.24, 2.45) is 0 Å². The van der Waals surface area contributed by atoms with Crippen LogP contribution in [0.15, 0.2) is 0 Å². The summed E-state index contributed by atoms with van der Waals surface area (Å²) in [5.41, 5.74) is 0. The van der Waals surface area contributed by atoms with E-state index in [1.165, 1.54) is 7.11 Å². The highest BCUT2D eigenvalue weighted by molar-refractivity contribution is 5.83. The molecule has 0 spiro atoms. The van der Waals surface area contributed by atoms with Gasteiger partial charge in [-0.2, -0.15) is 0 Å². The average molecular weight is 287 g/mol. The van der Waals surface area contributed by atoms with Crippen molar-refractivity contribution < 1.29 is 24.2 Å². The number of methoxy groups -OCH3 is 1. The van der Waals surface area contributed by atoms with Crippen LogP contribution in [0.2, 0.25) is 0 Å². The number of hydrogen-bond donors (Lipinski definition) is 2. The number of rotatable bonds is 11. The van der Waals surface area contributed by atoms with Gasteiger partial charge in [0.15, 0.2) is 0 Å². The van der Waals surface area contributed by atoms with Crippen LogP contribution in [0.4, 0.5) is 0 Å². The lowest BCUT2D eigenvalue weighted by atomic mass is 10.1. The molecule has 0 aromatic heterocycles. The number of esters is 1. The second kappa shape index (κ2) is 11.3. The number of carbonyl (C=O) groups is 3. The van der Waals surface area contributed by atoms with E-state index < -0.39 is 18.0 Å². The molecule has 20 heavy (non-hydrogen) atoms. The number of carbonyl (C=O) groups excluding carboxylic acids is 2. The number of hydrogen-bond acceptors (Lipinski definition) is 4. The normalized spacial score (nSPS) is 11.7. The van der Waals surface area contributed by atoms with E-state index in [1.807, 2.05) is 0 Å². The molecule has 1 amide bonds. The predicted octanol–water partition coefficient (Wildman–Crippen LogP) is 1.87. The smallest absolute Gasteiger partial charge is 0.328 e. The largest absolute Gasteiger partial charge is 0.481 e. The molecule has 0 fully saturated rings. The third-order valence-corrected chi connectivity index (χ3v) is 2.98. The summed E-state index contributed by atoms with van der Waals surface area (Å²) in [7, 11) is 1.29. The molecule has 0 heterocycles. The van der Waals surface area contributed by atoms with E-state index in [2.05, 4.69) is 10.1 Å². The first-order valence-corrected chi connectivity index (χ1v) is 7.06. The Balaban J connectivity index is 3.44. The number of nitrogens with one attached hydrogen (secondary N) is 1. The molecule has 2 N–H and O–H groups in total. The van der Waals surface area contributed by atoms with Crippen LogP contribution >= 0.6 is 0 Å². The average Bonchev–Trinajstić information content (AvgIpc) is 2.40. The molecular weight excluding hydrogens is 262 g/mol. The molecule has 116 valence electrons. The van der Waals surface area contributed by atoms with Crippen molar-refractivity contribution in [3.63, 3.8) is 0 Å². The van der Waals surface area contributed by atoms with Gasteiger partial charge in [-0.25, -0.2) is 4.79 Å². The maximum Gasteiger partial charge on any atom is 0.328 e. The molecule has 6 heteroatoms. The fraction of sp³-hybridized carbons (Fsp3) is 0.786. The maximum absolute atomic E-state index is 11.5. The van der Waals surface area contributed by atoms with Gasteiger partial charge in [0.1, 0.15) is 6.04 Å². The highest BCUT2D eigenvalue weighted by Crippen LogP contribution is 2.08. The standard InChI is InChI=1S/C14H25NO5/c1-11(14(19)20-2)15-12(16)9-7-5-3-4-6-8-10-13(17)18/h11H,3-10H2,1-2H3,(H,15,16)(H,17,18)/t11-/m0/s1. The second-order valence-corrected chi connectivity index (χ2v) is 4.83. The Morgan fingerprint density at radius 3 is 2.00 bits per heavy atom. The SMILES string of the molecule is COC(=O)[C@H](C)NC(=O)CCCCCCCCC(=O)O. The molecule has 0 radical (unpaired) electrons. The molecule has 1 atom stereocenters. The number of amides is 1. The summed E-state index contributed by atoms with van der Waals surface area (Å²) in [6.45, 7) is 1.59. The Bertz CT molecular complexity index is 317. The summed E-state index contributed by atoms with van der Waals surface area (Å²) < 4.78 is 4.51. The van der Waals surface area contributed by atoms with E-state index in [1.54, 1.807) is 6.92 Å². The molecule has 6 nitrogen and oxygen atoms in total. The van der Waals surface area contributed by atoms with E-state index in [0.717, 1.165) is 32.1 Å². The molecule has 0 saturated carbocycles. The second-order valence-electron chi connectivity index (χ2n) is 4.83. The van der Waals surface area contributed by atoms with Crippen molar-refractivity contribution in [1.82, 2.24) is 5.32 Å². The predicted molar refractivity (Wildman–Crippen MR) is 74.2 cm³/mol. The number of carboxylic acid groups (broad SMARTS) is 1. The lowest BCUT2D eigenvalue weighted by Crippen LogP contribution is -2.38. The first kappa shape index (κ1) is 18.4. The minimum atomic E-state index is -0.749. The quantitative estimate of drug-likeness (QED) is 0.447. The van der Waals surface area contributed by atoms with E-state index >= 15 is 0 Å². The van der Waals surface area contributed by atoms with Crippen LogP contribution in [-0.4, -0.2) is 36.1 Å². The van der Waals surface area contributed by atoms with E-state index in [9.17, 15) is 14.4 Å².